The summed E-state index contributed by atoms with van der Waals surface area (Å²) in [4.78, 5) is 15.2. The lowest BCUT2D eigenvalue weighted by Crippen LogP contribution is -2.29. The number of halogens is 2. The lowest BCUT2D eigenvalue weighted by molar-refractivity contribution is 0.0730. The monoisotopic (exact) mass is 433 g/mol. The minimum Gasteiger partial charge on any atom is -0.322 e. The molecule has 1 N–H and O–H groups in total. The Morgan fingerprint density at radius 3 is 2.17 bits per heavy atom. The number of nitrogens with one attached hydrogen (secondary N) is 1. The number of fused-ring (bicyclic) bond motifs is 1. The molecule has 1 aliphatic rings. The van der Waals surface area contributed by atoms with Gasteiger partial charge in [0.2, 0.25) is 0 Å². The van der Waals surface area contributed by atoms with Crippen LogP contribution in [0.1, 0.15) is 33.2 Å². The maximum absolute atomic E-state index is 13.4. The van der Waals surface area contributed by atoms with Gasteiger partial charge in [-0.3, -0.25) is 9.89 Å². The first-order chi connectivity index (χ1) is 14.6. The van der Waals surface area contributed by atoms with Gasteiger partial charge in [0.05, 0.1) is 11.7 Å². The summed E-state index contributed by atoms with van der Waals surface area (Å²) in [5.41, 5.74) is 5.15. The molecule has 0 fully saturated rings. The topological polar surface area (TPSA) is 49.0 Å². The summed E-state index contributed by atoms with van der Waals surface area (Å²) in [6.45, 7) is 0.470. The molecule has 6 heteroatoms. The van der Waals surface area contributed by atoms with Crippen molar-refractivity contribution in [3.05, 3.63) is 111 Å². The van der Waals surface area contributed by atoms with Crippen molar-refractivity contribution in [2.75, 3.05) is 0 Å². The lowest BCUT2D eigenvalue weighted by atomic mass is 9.96. The van der Waals surface area contributed by atoms with Gasteiger partial charge in [-0.1, -0.05) is 77.8 Å². The standard InChI is InChI=1S/C24H17Cl2N3O/c25-18-10-6-15(7-11-18)14-29-23(17-4-2-1-3-5-17)20-21(27-28-22(20)24(29)30)16-8-12-19(26)13-9-16/h1-13,23H,14H2,(H,27,28). The van der Waals surface area contributed by atoms with Crippen LogP contribution < -0.4 is 0 Å². The van der Waals surface area contributed by atoms with Crippen LogP contribution in [-0.2, 0) is 6.54 Å². The van der Waals surface area contributed by atoms with Crippen LogP contribution in [0.5, 0.6) is 0 Å². The van der Waals surface area contributed by atoms with Crippen LogP contribution in [0.25, 0.3) is 11.3 Å². The van der Waals surface area contributed by atoms with Crippen molar-refractivity contribution in [2.24, 2.45) is 0 Å². The molecule has 1 amide bonds. The van der Waals surface area contributed by atoms with Gasteiger partial charge in [0.25, 0.3) is 5.91 Å². The highest BCUT2D eigenvalue weighted by atomic mass is 35.5. The third-order valence-electron chi connectivity index (χ3n) is 5.36. The maximum atomic E-state index is 13.4. The number of rotatable bonds is 4. The molecule has 0 saturated heterocycles. The number of carbonyl (C=O) groups is 1. The van der Waals surface area contributed by atoms with E-state index in [0.717, 1.165) is 27.9 Å². The van der Waals surface area contributed by atoms with Crippen molar-refractivity contribution >= 4 is 29.1 Å². The zero-order valence-corrected chi connectivity index (χ0v) is 17.4. The summed E-state index contributed by atoms with van der Waals surface area (Å²) in [7, 11) is 0. The molecule has 1 unspecified atom stereocenters. The van der Waals surface area contributed by atoms with Crippen LogP contribution in [0, 0.1) is 0 Å². The van der Waals surface area contributed by atoms with Crippen molar-refractivity contribution in [2.45, 2.75) is 12.6 Å². The van der Waals surface area contributed by atoms with E-state index < -0.39 is 0 Å². The Kier molecular flexibility index (Phi) is 4.81. The van der Waals surface area contributed by atoms with Gasteiger partial charge in [-0.2, -0.15) is 5.10 Å². The Morgan fingerprint density at radius 1 is 0.867 bits per heavy atom. The molecular formula is C24H17Cl2N3O. The van der Waals surface area contributed by atoms with Crippen molar-refractivity contribution in [1.29, 1.82) is 0 Å². The number of benzene rings is 3. The van der Waals surface area contributed by atoms with Crippen LogP contribution in [0.2, 0.25) is 10.0 Å². The number of hydrogen-bond donors (Lipinski definition) is 1. The molecule has 30 heavy (non-hydrogen) atoms. The highest BCUT2D eigenvalue weighted by Gasteiger charge is 2.42. The summed E-state index contributed by atoms with van der Waals surface area (Å²) < 4.78 is 0. The first-order valence-corrected chi connectivity index (χ1v) is 10.3. The van der Waals surface area contributed by atoms with E-state index in [9.17, 15) is 4.79 Å². The highest BCUT2D eigenvalue weighted by molar-refractivity contribution is 6.30. The molecule has 2 heterocycles. The van der Waals surface area contributed by atoms with E-state index in [0.29, 0.717) is 22.3 Å². The molecule has 3 aromatic carbocycles. The van der Waals surface area contributed by atoms with Gasteiger partial charge < -0.3 is 4.90 Å². The number of aromatic nitrogens is 2. The predicted molar refractivity (Wildman–Crippen MR) is 119 cm³/mol. The molecule has 4 aromatic rings. The fourth-order valence-corrected chi connectivity index (χ4v) is 4.21. The minimum absolute atomic E-state index is 0.0680. The molecule has 0 spiro atoms. The van der Waals surface area contributed by atoms with E-state index in [1.54, 1.807) is 0 Å². The summed E-state index contributed by atoms with van der Waals surface area (Å²) in [5.74, 6) is -0.0680. The molecule has 1 aliphatic heterocycles. The van der Waals surface area contributed by atoms with Crippen molar-refractivity contribution in [3.8, 4) is 11.3 Å². The average molecular weight is 434 g/mol. The lowest BCUT2D eigenvalue weighted by Gasteiger charge is -2.26. The molecule has 0 saturated carbocycles. The van der Waals surface area contributed by atoms with Gasteiger partial charge in [-0.15, -0.1) is 0 Å². The maximum Gasteiger partial charge on any atom is 0.273 e. The summed E-state index contributed by atoms with van der Waals surface area (Å²) in [6, 6.07) is 24.9. The Bertz CT molecular complexity index is 1200. The SMILES string of the molecule is O=C1c2[nH]nc(-c3ccc(Cl)cc3)c2C(c2ccccc2)N1Cc1ccc(Cl)cc1. The Hall–Kier alpha value is -3.08. The smallest absolute Gasteiger partial charge is 0.273 e. The largest absolute Gasteiger partial charge is 0.322 e. The second-order valence-electron chi connectivity index (χ2n) is 7.24. The van der Waals surface area contributed by atoms with E-state index in [4.69, 9.17) is 23.2 Å². The molecule has 4 nitrogen and oxygen atoms in total. The molecular weight excluding hydrogens is 417 g/mol. The number of carbonyl (C=O) groups excluding carboxylic acids is 1. The van der Waals surface area contributed by atoms with Crippen molar-refractivity contribution in [1.82, 2.24) is 15.1 Å². The van der Waals surface area contributed by atoms with Gasteiger partial charge in [0.15, 0.2) is 0 Å². The van der Waals surface area contributed by atoms with E-state index in [1.807, 2.05) is 83.8 Å². The molecule has 5 rings (SSSR count). The Morgan fingerprint density at radius 2 is 1.50 bits per heavy atom. The first-order valence-electron chi connectivity index (χ1n) is 9.56. The average Bonchev–Trinajstić information content (AvgIpc) is 3.30. The molecule has 0 radical (unpaired) electrons. The van der Waals surface area contributed by atoms with Crippen LogP contribution in [0.4, 0.5) is 0 Å². The second kappa shape index (κ2) is 7.63. The zero-order chi connectivity index (χ0) is 20.7. The van der Waals surface area contributed by atoms with Crippen LogP contribution >= 0.6 is 23.2 Å². The molecule has 0 bridgehead atoms. The summed E-state index contributed by atoms with van der Waals surface area (Å²) in [5, 5.41) is 8.79. The summed E-state index contributed by atoms with van der Waals surface area (Å²) in [6.07, 6.45) is 0. The number of aromatic amines is 1. The van der Waals surface area contributed by atoms with E-state index in [-0.39, 0.29) is 11.9 Å². The van der Waals surface area contributed by atoms with Gasteiger partial charge in [0, 0.05) is 27.7 Å². The normalized spacial score (nSPS) is 15.5. The van der Waals surface area contributed by atoms with Crippen molar-refractivity contribution < 1.29 is 4.79 Å². The van der Waals surface area contributed by atoms with E-state index in [1.165, 1.54) is 0 Å². The molecule has 0 aliphatic carbocycles. The molecule has 1 atom stereocenters. The minimum atomic E-state index is -0.242. The number of hydrogen-bond acceptors (Lipinski definition) is 2. The second-order valence-corrected chi connectivity index (χ2v) is 8.11. The Balaban J connectivity index is 1.62. The van der Waals surface area contributed by atoms with Gasteiger partial charge in [-0.25, -0.2) is 0 Å². The van der Waals surface area contributed by atoms with Crippen LogP contribution in [-0.4, -0.2) is 21.0 Å². The fraction of sp³-hybridized carbons (Fsp3) is 0.0833. The molecule has 148 valence electrons. The van der Waals surface area contributed by atoms with Gasteiger partial charge in [0.1, 0.15) is 5.69 Å². The number of H-pyrrole nitrogens is 1. The van der Waals surface area contributed by atoms with Crippen molar-refractivity contribution in [3.63, 3.8) is 0 Å². The van der Waals surface area contributed by atoms with Crippen LogP contribution in [0.3, 0.4) is 0 Å². The quantitative estimate of drug-likeness (QED) is 0.420. The Labute approximate surface area is 184 Å². The third kappa shape index (κ3) is 3.28. The first kappa shape index (κ1) is 18.9. The number of amides is 1. The highest BCUT2D eigenvalue weighted by Crippen LogP contribution is 2.43. The summed E-state index contributed by atoms with van der Waals surface area (Å²) >= 11 is 12.1. The zero-order valence-electron chi connectivity index (χ0n) is 15.8. The third-order valence-corrected chi connectivity index (χ3v) is 5.87. The fourth-order valence-electron chi connectivity index (χ4n) is 3.96. The number of nitrogens with zero attached hydrogens (tertiary/aromatic N) is 2. The van der Waals surface area contributed by atoms with E-state index in [2.05, 4.69) is 10.2 Å². The predicted octanol–water partition coefficient (Wildman–Crippen LogP) is 6.13. The van der Waals surface area contributed by atoms with Crippen LogP contribution in [0.15, 0.2) is 78.9 Å². The van der Waals surface area contributed by atoms with Gasteiger partial charge >= 0.3 is 0 Å². The van der Waals surface area contributed by atoms with E-state index >= 15 is 0 Å². The molecule has 1 aromatic heterocycles. The van der Waals surface area contributed by atoms with Gasteiger partial charge in [-0.05, 0) is 35.4 Å².